The number of carbonyl (C=O) groups excluding carboxylic acids is 1. The molecule has 2 nitrogen and oxygen atoms in total. The Balaban J connectivity index is 1.86. The molecule has 1 saturated carbocycles. The first-order valence-electron chi connectivity index (χ1n) is 6.66. The molecule has 0 radical (unpaired) electrons. The maximum absolute atomic E-state index is 12.1. The molecular formula is C15H19NO. The number of fused-ring (bicyclic) bond motifs is 1. The zero-order valence-electron chi connectivity index (χ0n) is 10.3. The van der Waals surface area contributed by atoms with Crippen molar-refractivity contribution in [1.29, 1.82) is 0 Å². The van der Waals surface area contributed by atoms with Gasteiger partial charge < -0.3 is 5.32 Å². The summed E-state index contributed by atoms with van der Waals surface area (Å²) < 4.78 is 0. The smallest absolute Gasteiger partial charge is 0.232 e. The van der Waals surface area contributed by atoms with Crippen LogP contribution < -0.4 is 5.32 Å². The molecule has 3 rings (SSSR count). The Morgan fingerprint density at radius 2 is 2.06 bits per heavy atom. The predicted molar refractivity (Wildman–Crippen MR) is 69.1 cm³/mol. The van der Waals surface area contributed by atoms with Gasteiger partial charge in [-0.1, -0.05) is 43.9 Å². The zero-order chi connectivity index (χ0) is 11.8. The Morgan fingerprint density at radius 1 is 1.29 bits per heavy atom. The maximum Gasteiger partial charge on any atom is 0.232 e. The Kier molecular flexibility index (Phi) is 2.65. The van der Waals surface area contributed by atoms with Crippen LogP contribution in [0.25, 0.3) is 0 Å². The van der Waals surface area contributed by atoms with Crippen LogP contribution in [-0.4, -0.2) is 5.91 Å². The van der Waals surface area contributed by atoms with Gasteiger partial charge in [0.15, 0.2) is 0 Å². The van der Waals surface area contributed by atoms with E-state index in [1.54, 1.807) is 0 Å². The van der Waals surface area contributed by atoms with Gasteiger partial charge in [-0.15, -0.1) is 0 Å². The van der Waals surface area contributed by atoms with E-state index < -0.39 is 0 Å². The highest BCUT2D eigenvalue weighted by molar-refractivity contribution is 6.03. The Labute approximate surface area is 102 Å². The van der Waals surface area contributed by atoms with Crippen LogP contribution in [0.2, 0.25) is 0 Å². The van der Waals surface area contributed by atoms with Gasteiger partial charge in [0.2, 0.25) is 5.91 Å². The summed E-state index contributed by atoms with van der Waals surface area (Å²) in [5.74, 6) is 1.08. The van der Waals surface area contributed by atoms with Gasteiger partial charge in [-0.25, -0.2) is 0 Å². The lowest BCUT2D eigenvalue weighted by Crippen LogP contribution is -2.14. The summed E-state index contributed by atoms with van der Waals surface area (Å²) in [6.45, 7) is 2.07. The number of para-hydroxylation sites is 1. The van der Waals surface area contributed by atoms with Crippen LogP contribution in [0.5, 0.6) is 0 Å². The van der Waals surface area contributed by atoms with Gasteiger partial charge in [-0.2, -0.15) is 0 Å². The van der Waals surface area contributed by atoms with Gasteiger partial charge in [0.25, 0.3) is 0 Å². The van der Waals surface area contributed by atoms with Gasteiger partial charge in [0.1, 0.15) is 0 Å². The van der Waals surface area contributed by atoms with Gasteiger partial charge >= 0.3 is 0 Å². The van der Waals surface area contributed by atoms with Crippen molar-refractivity contribution >= 4 is 11.6 Å². The summed E-state index contributed by atoms with van der Waals surface area (Å²) in [5.41, 5.74) is 3.48. The molecule has 90 valence electrons. The second-order valence-corrected chi connectivity index (χ2v) is 5.47. The van der Waals surface area contributed by atoms with E-state index in [-0.39, 0.29) is 11.8 Å². The topological polar surface area (TPSA) is 29.1 Å². The molecule has 0 spiro atoms. The molecule has 1 aliphatic carbocycles. The minimum Gasteiger partial charge on any atom is -0.325 e. The van der Waals surface area contributed by atoms with Crippen molar-refractivity contribution in [1.82, 2.24) is 0 Å². The van der Waals surface area contributed by atoms with E-state index in [1.807, 2.05) is 0 Å². The lowest BCUT2D eigenvalue weighted by atomic mass is 9.88. The Bertz CT molecular complexity index is 446. The van der Waals surface area contributed by atoms with Gasteiger partial charge in [-0.05, 0) is 30.4 Å². The number of rotatable bonds is 2. The lowest BCUT2D eigenvalue weighted by Gasteiger charge is -2.14. The molecule has 0 bridgehead atoms. The number of carbonyl (C=O) groups is 1. The quantitative estimate of drug-likeness (QED) is 0.824. The van der Waals surface area contributed by atoms with E-state index in [4.69, 9.17) is 0 Å². The zero-order valence-corrected chi connectivity index (χ0v) is 10.3. The first kappa shape index (κ1) is 10.8. The monoisotopic (exact) mass is 229 g/mol. The fourth-order valence-corrected chi connectivity index (χ4v) is 3.32. The van der Waals surface area contributed by atoms with Crippen LogP contribution in [0.4, 0.5) is 5.69 Å². The van der Waals surface area contributed by atoms with Crippen LogP contribution >= 0.6 is 0 Å². The fourth-order valence-electron chi connectivity index (χ4n) is 3.32. The number of anilines is 1. The highest BCUT2D eigenvalue weighted by Gasteiger charge is 2.33. The highest BCUT2D eigenvalue weighted by Crippen LogP contribution is 2.41. The van der Waals surface area contributed by atoms with E-state index >= 15 is 0 Å². The molecule has 1 aliphatic heterocycles. The largest absolute Gasteiger partial charge is 0.325 e. The number of amides is 1. The summed E-state index contributed by atoms with van der Waals surface area (Å²) in [6, 6.07) is 6.24. The molecule has 1 unspecified atom stereocenters. The normalized spacial score (nSPS) is 23.8. The molecule has 0 saturated heterocycles. The third-order valence-electron chi connectivity index (χ3n) is 4.29. The van der Waals surface area contributed by atoms with Crippen molar-refractivity contribution in [2.45, 2.75) is 44.9 Å². The minimum atomic E-state index is 0.105. The van der Waals surface area contributed by atoms with E-state index in [0.29, 0.717) is 0 Å². The van der Waals surface area contributed by atoms with E-state index in [9.17, 15) is 4.79 Å². The predicted octanol–water partition coefficient (Wildman–Crippen LogP) is 3.61. The summed E-state index contributed by atoms with van der Waals surface area (Å²) >= 11 is 0. The minimum absolute atomic E-state index is 0.105. The average Bonchev–Trinajstić information content (AvgIpc) is 2.91. The molecule has 1 aromatic rings. The lowest BCUT2D eigenvalue weighted by molar-refractivity contribution is -0.117. The standard InChI is InChI=1S/C15H19NO/c1-10-5-4-8-12-13(15(17)16-14(10)12)9-11-6-2-3-7-11/h4-5,8,11,13H,2-3,6-7,9H2,1H3,(H,16,17). The molecule has 1 N–H and O–H groups in total. The van der Waals surface area contributed by atoms with E-state index in [0.717, 1.165) is 18.0 Å². The molecule has 2 heteroatoms. The molecule has 17 heavy (non-hydrogen) atoms. The summed E-state index contributed by atoms with van der Waals surface area (Å²) in [6.07, 6.45) is 6.36. The van der Waals surface area contributed by atoms with Crippen LogP contribution in [0.3, 0.4) is 0 Å². The van der Waals surface area contributed by atoms with Crippen LogP contribution in [0.15, 0.2) is 18.2 Å². The van der Waals surface area contributed by atoms with Crippen molar-refractivity contribution in [2.75, 3.05) is 5.32 Å². The molecule has 1 atom stereocenters. The number of nitrogens with one attached hydrogen (secondary N) is 1. The van der Waals surface area contributed by atoms with Crippen molar-refractivity contribution in [2.24, 2.45) is 5.92 Å². The SMILES string of the molecule is Cc1cccc2c1NC(=O)C2CC1CCCC1. The second-order valence-electron chi connectivity index (χ2n) is 5.47. The number of hydrogen-bond acceptors (Lipinski definition) is 1. The number of benzene rings is 1. The molecule has 1 aromatic carbocycles. The van der Waals surface area contributed by atoms with Crippen LogP contribution in [0, 0.1) is 12.8 Å². The Morgan fingerprint density at radius 3 is 2.82 bits per heavy atom. The molecular weight excluding hydrogens is 210 g/mol. The number of aryl methyl sites for hydroxylation is 1. The fraction of sp³-hybridized carbons (Fsp3) is 0.533. The van der Waals surface area contributed by atoms with Crippen molar-refractivity contribution in [3.8, 4) is 0 Å². The van der Waals surface area contributed by atoms with Gasteiger partial charge in [0, 0.05) is 5.69 Å². The molecule has 1 heterocycles. The third-order valence-corrected chi connectivity index (χ3v) is 4.29. The molecule has 1 fully saturated rings. The van der Waals surface area contributed by atoms with Crippen LogP contribution in [0.1, 0.15) is 49.1 Å². The van der Waals surface area contributed by atoms with Crippen molar-refractivity contribution in [3.63, 3.8) is 0 Å². The van der Waals surface area contributed by atoms with Crippen molar-refractivity contribution in [3.05, 3.63) is 29.3 Å². The molecule has 1 amide bonds. The third kappa shape index (κ3) is 1.86. The molecule has 0 aromatic heterocycles. The van der Waals surface area contributed by atoms with Crippen LogP contribution in [-0.2, 0) is 4.79 Å². The summed E-state index contributed by atoms with van der Waals surface area (Å²) in [5, 5.41) is 3.05. The maximum atomic E-state index is 12.1. The van der Waals surface area contributed by atoms with Gasteiger partial charge in [-0.3, -0.25) is 4.79 Å². The average molecular weight is 229 g/mol. The van der Waals surface area contributed by atoms with Crippen molar-refractivity contribution < 1.29 is 4.79 Å². The highest BCUT2D eigenvalue weighted by atomic mass is 16.2. The van der Waals surface area contributed by atoms with Gasteiger partial charge in [0.05, 0.1) is 5.92 Å². The molecule has 2 aliphatic rings. The first-order valence-corrected chi connectivity index (χ1v) is 6.66. The van der Waals surface area contributed by atoms with E-state index in [1.165, 1.54) is 36.8 Å². The summed E-state index contributed by atoms with van der Waals surface area (Å²) in [4.78, 5) is 12.1. The second kappa shape index (κ2) is 4.17. The first-order chi connectivity index (χ1) is 8.25. The van der Waals surface area contributed by atoms with E-state index in [2.05, 4.69) is 30.4 Å². The number of hydrogen-bond donors (Lipinski definition) is 1. The summed E-state index contributed by atoms with van der Waals surface area (Å²) in [7, 11) is 0. The Hall–Kier alpha value is -1.31.